The van der Waals surface area contributed by atoms with Crippen LogP contribution in [0.4, 0.5) is 11.8 Å². The number of pyridine rings is 1. The molecule has 3 N–H and O–H groups in total. The average molecular weight is 439 g/mol. The Morgan fingerprint density at radius 1 is 1.06 bits per heavy atom. The third kappa shape index (κ3) is 4.50. The predicted molar refractivity (Wildman–Crippen MR) is 126 cm³/mol. The first-order chi connectivity index (χ1) is 15.1. The van der Waals surface area contributed by atoms with Crippen LogP contribution in [0.1, 0.15) is 49.9 Å². The molecule has 2 aliphatic rings. The number of aliphatic hydroxyl groups excluding tert-OH is 1. The van der Waals surface area contributed by atoms with E-state index in [0.717, 1.165) is 76.1 Å². The van der Waals surface area contributed by atoms with Crippen LogP contribution in [0, 0.1) is 25.7 Å². The highest BCUT2D eigenvalue weighted by molar-refractivity contribution is 7.21. The summed E-state index contributed by atoms with van der Waals surface area (Å²) in [5, 5.41) is 17.4. The van der Waals surface area contributed by atoms with Crippen LogP contribution in [-0.4, -0.2) is 44.2 Å². The van der Waals surface area contributed by atoms with Gasteiger partial charge in [0.05, 0.1) is 21.7 Å². The predicted octanol–water partition coefficient (Wildman–Crippen LogP) is 4.55. The molecule has 8 heteroatoms. The lowest BCUT2D eigenvalue weighted by Gasteiger charge is -2.18. The molecule has 3 aromatic heterocycles. The summed E-state index contributed by atoms with van der Waals surface area (Å²) in [7, 11) is 0. The summed E-state index contributed by atoms with van der Waals surface area (Å²) in [4.78, 5) is 19.0. The molecule has 2 unspecified atom stereocenters. The van der Waals surface area contributed by atoms with E-state index >= 15 is 0 Å². The van der Waals surface area contributed by atoms with Crippen molar-refractivity contribution in [3.05, 3.63) is 23.7 Å². The van der Waals surface area contributed by atoms with Crippen LogP contribution in [0.2, 0.25) is 0 Å². The van der Waals surface area contributed by atoms with Gasteiger partial charge in [-0.05, 0) is 70.3 Å². The largest absolute Gasteiger partial charge is 0.396 e. The van der Waals surface area contributed by atoms with E-state index in [1.54, 1.807) is 11.3 Å². The topological polar surface area (TPSA) is 95.9 Å². The normalized spacial score (nSPS) is 21.0. The number of hydrogen-bond acceptors (Lipinski definition) is 8. The number of nitrogens with one attached hydrogen (secondary N) is 2. The lowest BCUT2D eigenvalue weighted by atomic mass is 10.0. The van der Waals surface area contributed by atoms with Crippen LogP contribution in [0.25, 0.3) is 20.8 Å². The van der Waals surface area contributed by atoms with Crippen molar-refractivity contribution >= 4 is 33.3 Å². The van der Waals surface area contributed by atoms with Crippen molar-refractivity contribution in [3.63, 3.8) is 0 Å². The van der Waals surface area contributed by atoms with Gasteiger partial charge in [0.15, 0.2) is 0 Å². The first-order valence-electron chi connectivity index (χ1n) is 11.3. The summed E-state index contributed by atoms with van der Waals surface area (Å²) in [5.41, 5.74) is 3.82. The molecule has 164 valence electrons. The van der Waals surface area contributed by atoms with Crippen molar-refractivity contribution in [2.24, 2.45) is 11.8 Å². The van der Waals surface area contributed by atoms with E-state index in [-0.39, 0.29) is 6.61 Å². The van der Waals surface area contributed by atoms with Gasteiger partial charge >= 0.3 is 0 Å². The molecular formula is C23H30N6OS. The maximum Gasteiger partial charge on any atom is 0.224 e. The summed E-state index contributed by atoms with van der Waals surface area (Å²) in [5.74, 6) is 2.90. The van der Waals surface area contributed by atoms with Crippen LogP contribution in [0.15, 0.2) is 12.3 Å². The number of aliphatic hydroxyl groups is 1. The molecule has 2 fully saturated rings. The quantitative estimate of drug-likeness (QED) is 0.475. The minimum absolute atomic E-state index is 0.267. The number of nitrogens with zero attached hydrogens (tertiary/aromatic N) is 4. The minimum Gasteiger partial charge on any atom is -0.396 e. The Morgan fingerprint density at radius 3 is 2.68 bits per heavy atom. The molecule has 0 bridgehead atoms. The highest BCUT2D eigenvalue weighted by Crippen LogP contribution is 2.38. The summed E-state index contributed by atoms with van der Waals surface area (Å²) in [6.07, 6.45) is 8.62. The number of aryl methyl sites for hydroxylation is 2. The zero-order valence-electron chi connectivity index (χ0n) is 18.2. The standard InChI is InChI=1S/C23H30N6OS/c1-13-19(22-28-20-14(2)24-9-7-18(20)31-22)21(27-17-6-5-15(11-17)8-10-30)29-23(26-13)25-12-16-3-4-16/h7,9,15-17,30H,3-6,8,10-12H2,1-2H3,(H2,25,26,27,29). The van der Waals surface area contributed by atoms with Crippen molar-refractivity contribution < 1.29 is 5.11 Å². The van der Waals surface area contributed by atoms with E-state index in [9.17, 15) is 5.11 Å². The van der Waals surface area contributed by atoms with Crippen molar-refractivity contribution in [1.29, 1.82) is 0 Å². The van der Waals surface area contributed by atoms with E-state index in [4.69, 9.17) is 15.0 Å². The van der Waals surface area contributed by atoms with Crippen molar-refractivity contribution in [3.8, 4) is 10.6 Å². The average Bonchev–Trinajstić information content (AvgIpc) is 3.31. The highest BCUT2D eigenvalue weighted by Gasteiger charge is 2.27. The van der Waals surface area contributed by atoms with Crippen molar-refractivity contribution in [2.75, 3.05) is 23.8 Å². The van der Waals surface area contributed by atoms with Gasteiger partial charge in [0.1, 0.15) is 16.3 Å². The van der Waals surface area contributed by atoms with Crippen LogP contribution >= 0.6 is 11.3 Å². The Labute approximate surface area is 186 Å². The lowest BCUT2D eigenvalue weighted by molar-refractivity contribution is 0.258. The zero-order valence-corrected chi connectivity index (χ0v) is 19.0. The molecule has 3 aromatic rings. The van der Waals surface area contributed by atoms with Gasteiger partial charge in [0.2, 0.25) is 5.95 Å². The number of aromatic nitrogens is 4. The second-order valence-electron chi connectivity index (χ2n) is 8.98. The second kappa shape index (κ2) is 8.67. The van der Waals surface area contributed by atoms with Crippen LogP contribution in [0.5, 0.6) is 0 Å². The van der Waals surface area contributed by atoms with Gasteiger partial charge < -0.3 is 15.7 Å². The zero-order chi connectivity index (χ0) is 21.4. The van der Waals surface area contributed by atoms with Gasteiger partial charge in [-0.1, -0.05) is 0 Å². The Balaban J connectivity index is 1.49. The Hall–Kier alpha value is -2.32. The number of anilines is 2. The van der Waals surface area contributed by atoms with Gasteiger partial charge in [-0.2, -0.15) is 4.98 Å². The van der Waals surface area contributed by atoms with E-state index < -0.39 is 0 Å². The Bertz CT molecular complexity index is 1080. The molecule has 3 heterocycles. The van der Waals surface area contributed by atoms with Gasteiger partial charge in [-0.15, -0.1) is 11.3 Å². The maximum atomic E-state index is 9.31. The molecule has 0 radical (unpaired) electrons. The molecule has 0 aromatic carbocycles. The molecule has 0 saturated heterocycles. The van der Waals surface area contributed by atoms with Gasteiger partial charge in [0, 0.05) is 25.4 Å². The molecule has 31 heavy (non-hydrogen) atoms. The molecule has 0 aliphatic heterocycles. The summed E-state index contributed by atoms with van der Waals surface area (Å²) >= 11 is 1.67. The van der Waals surface area contributed by atoms with Crippen LogP contribution in [-0.2, 0) is 0 Å². The smallest absolute Gasteiger partial charge is 0.224 e. The van der Waals surface area contributed by atoms with E-state index in [1.165, 1.54) is 12.8 Å². The molecular weight excluding hydrogens is 408 g/mol. The molecule has 5 rings (SSSR count). The SMILES string of the molecule is Cc1nc(NCC2CC2)nc(NC2CCC(CCO)C2)c1-c1nc2c(C)nccc2s1. The first-order valence-corrected chi connectivity index (χ1v) is 12.1. The molecule has 7 nitrogen and oxygen atoms in total. The number of thiazole rings is 1. The second-order valence-corrected chi connectivity index (χ2v) is 10.0. The highest BCUT2D eigenvalue weighted by atomic mass is 32.1. The fraction of sp³-hybridized carbons (Fsp3) is 0.565. The molecule has 2 saturated carbocycles. The van der Waals surface area contributed by atoms with E-state index in [0.29, 0.717) is 17.9 Å². The third-order valence-corrected chi connectivity index (χ3v) is 7.50. The monoisotopic (exact) mass is 438 g/mol. The van der Waals surface area contributed by atoms with Gasteiger partial charge in [-0.25, -0.2) is 9.97 Å². The van der Waals surface area contributed by atoms with E-state index in [2.05, 4.69) is 15.6 Å². The van der Waals surface area contributed by atoms with Crippen molar-refractivity contribution in [1.82, 2.24) is 19.9 Å². The van der Waals surface area contributed by atoms with Gasteiger partial charge in [0.25, 0.3) is 0 Å². The molecule has 2 aliphatic carbocycles. The lowest BCUT2D eigenvalue weighted by Crippen LogP contribution is -2.19. The number of fused-ring (bicyclic) bond motifs is 1. The van der Waals surface area contributed by atoms with Gasteiger partial charge in [-0.3, -0.25) is 4.98 Å². The Kier molecular flexibility index (Phi) is 5.75. The van der Waals surface area contributed by atoms with Crippen LogP contribution in [0.3, 0.4) is 0 Å². The minimum atomic E-state index is 0.267. The third-order valence-electron chi connectivity index (χ3n) is 6.46. The molecule has 0 spiro atoms. The number of hydrogen-bond donors (Lipinski definition) is 3. The fourth-order valence-corrected chi connectivity index (χ4v) is 5.61. The molecule has 0 amide bonds. The molecule has 2 atom stereocenters. The maximum absolute atomic E-state index is 9.31. The first kappa shape index (κ1) is 20.6. The Morgan fingerprint density at radius 2 is 1.90 bits per heavy atom. The summed E-state index contributed by atoms with van der Waals surface area (Å²) < 4.78 is 1.13. The number of rotatable bonds is 8. The summed E-state index contributed by atoms with van der Waals surface area (Å²) in [6.45, 7) is 5.25. The fourth-order valence-electron chi connectivity index (χ4n) is 4.50. The summed E-state index contributed by atoms with van der Waals surface area (Å²) in [6, 6.07) is 2.38. The van der Waals surface area contributed by atoms with E-state index in [1.807, 2.05) is 26.1 Å². The van der Waals surface area contributed by atoms with Crippen LogP contribution < -0.4 is 10.6 Å². The van der Waals surface area contributed by atoms with Crippen molar-refractivity contribution in [2.45, 2.75) is 58.4 Å².